The summed E-state index contributed by atoms with van der Waals surface area (Å²) in [5.41, 5.74) is 9.35. The zero-order valence-corrected chi connectivity index (χ0v) is 9.55. The number of azide groups is 1. The Balaban J connectivity index is 2.61. The molecule has 1 heterocycles. The molecule has 0 aliphatic heterocycles. The molecule has 0 amide bonds. The molecule has 1 aromatic carbocycles. The fourth-order valence-electron chi connectivity index (χ4n) is 1.32. The van der Waals surface area contributed by atoms with Gasteiger partial charge in [-0.15, -0.1) is 11.3 Å². The maximum absolute atomic E-state index is 8.27. The Bertz CT molecular complexity index is 514. The van der Waals surface area contributed by atoms with Crippen molar-refractivity contribution in [1.29, 1.82) is 0 Å². The molecule has 1 aromatic heterocycles. The van der Waals surface area contributed by atoms with E-state index < -0.39 is 0 Å². The van der Waals surface area contributed by atoms with E-state index in [0.717, 1.165) is 14.7 Å². The molecule has 0 fully saturated rings. The lowest BCUT2D eigenvalue weighted by Gasteiger charge is -1.93. The van der Waals surface area contributed by atoms with Gasteiger partial charge in [-0.2, -0.15) is 0 Å². The van der Waals surface area contributed by atoms with Crippen molar-refractivity contribution in [2.24, 2.45) is 5.11 Å². The van der Waals surface area contributed by atoms with Crippen LogP contribution in [-0.2, 0) is 6.54 Å². The standard InChI is InChI=1S/C9H6BrN3S/c10-9-7(5-12-13-11)6-3-1-2-4-8(6)14-9/h1-4H,5H2. The topological polar surface area (TPSA) is 48.8 Å². The van der Waals surface area contributed by atoms with E-state index in [1.54, 1.807) is 11.3 Å². The first-order valence-electron chi connectivity index (χ1n) is 3.99. The van der Waals surface area contributed by atoms with Gasteiger partial charge in [0.05, 0.1) is 10.3 Å². The number of hydrogen-bond donors (Lipinski definition) is 0. The van der Waals surface area contributed by atoms with Crippen molar-refractivity contribution >= 4 is 37.4 Å². The fraction of sp³-hybridized carbons (Fsp3) is 0.111. The van der Waals surface area contributed by atoms with Crippen molar-refractivity contribution in [2.45, 2.75) is 6.54 Å². The SMILES string of the molecule is [N-]=[N+]=NCc1c(Br)sc2ccccc12. The summed E-state index contributed by atoms with van der Waals surface area (Å²) in [6, 6.07) is 8.09. The van der Waals surface area contributed by atoms with E-state index in [1.165, 1.54) is 4.70 Å². The third-order valence-electron chi connectivity index (χ3n) is 1.94. The predicted molar refractivity (Wildman–Crippen MR) is 62.4 cm³/mol. The smallest absolute Gasteiger partial charge is 0.0744 e. The fourth-order valence-corrected chi connectivity index (χ4v) is 3.12. The molecular weight excluding hydrogens is 262 g/mol. The largest absolute Gasteiger partial charge is 0.128 e. The van der Waals surface area contributed by atoms with E-state index in [0.29, 0.717) is 6.54 Å². The lowest BCUT2D eigenvalue weighted by Crippen LogP contribution is -1.77. The number of nitrogens with zero attached hydrogens (tertiary/aromatic N) is 3. The van der Waals surface area contributed by atoms with Gasteiger partial charge in [0.15, 0.2) is 0 Å². The Labute approximate surface area is 93.1 Å². The van der Waals surface area contributed by atoms with Crippen LogP contribution in [0.4, 0.5) is 0 Å². The second-order valence-electron chi connectivity index (χ2n) is 2.74. The van der Waals surface area contributed by atoms with Crippen LogP contribution < -0.4 is 0 Å². The maximum Gasteiger partial charge on any atom is 0.0744 e. The normalized spacial score (nSPS) is 10.1. The number of benzene rings is 1. The van der Waals surface area contributed by atoms with Gasteiger partial charge in [-0.25, -0.2) is 0 Å². The van der Waals surface area contributed by atoms with E-state index in [4.69, 9.17) is 5.53 Å². The summed E-state index contributed by atoms with van der Waals surface area (Å²) in [5.74, 6) is 0. The van der Waals surface area contributed by atoms with Gasteiger partial charge >= 0.3 is 0 Å². The molecule has 5 heteroatoms. The van der Waals surface area contributed by atoms with Gasteiger partial charge in [-0.1, -0.05) is 23.3 Å². The summed E-state index contributed by atoms with van der Waals surface area (Å²) in [6.07, 6.45) is 0. The van der Waals surface area contributed by atoms with Gasteiger partial charge in [-0.05, 0) is 38.5 Å². The maximum atomic E-state index is 8.27. The molecule has 0 saturated heterocycles. The molecule has 3 nitrogen and oxygen atoms in total. The number of rotatable bonds is 2. The molecule has 14 heavy (non-hydrogen) atoms. The van der Waals surface area contributed by atoms with Gasteiger partial charge in [-0.3, -0.25) is 0 Å². The van der Waals surface area contributed by atoms with Crippen molar-refractivity contribution in [3.63, 3.8) is 0 Å². The van der Waals surface area contributed by atoms with Crippen LogP contribution in [0, 0.1) is 0 Å². The average molecular weight is 268 g/mol. The Hall–Kier alpha value is -1.03. The molecule has 2 aromatic rings. The third kappa shape index (κ3) is 1.62. The first-order valence-corrected chi connectivity index (χ1v) is 5.60. The lowest BCUT2D eigenvalue weighted by atomic mass is 10.2. The minimum Gasteiger partial charge on any atom is -0.128 e. The summed E-state index contributed by atoms with van der Waals surface area (Å²) < 4.78 is 2.26. The number of hydrogen-bond acceptors (Lipinski definition) is 2. The molecule has 0 atom stereocenters. The molecule has 0 N–H and O–H groups in total. The lowest BCUT2D eigenvalue weighted by molar-refractivity contribution is 1.06. The molecule has 0 radical (unpaired) electrons. The summed E-state index contributed by atoms with van der Waals surface area (Å²) in [7, 11) is 0. The van der Waals surface area contributed by atoms with E-state index in [-0.39, 0.29) is 0 Å². The van der Waals surface area contributed by atoms with Gasteiger partial charge in [0.2, 0.25) is 0 Å². The van der Waals surface area contributed by atoms with Crippen LogP contribution in [0.3, 0.4) is 0 Å². The quantitative estimate of drug-likeness (QED) is 0.438. The monoisotopic (exact) mass is 267 g/mol. The molecule has 0 aliphatic rings. The van der Waals surface area contributed by atoms with Crippen LogP contribution in [0.1, 0.15) is 5.56 Å². The molecule has 2 rings (SSSR count). The second kappa shape index (κ2) is 4.00. The summed E-state index contributed by atoms with van der Waals surface area (Å²) >= 11 is 5.14. The zero-order chi connectivity index (χ0) is 9.97. The van der Waals surface area contributed by atoms with Gasteiger partial charge in [0.1, 0.15) is 0 Å². The highest BCUT2D eigenvalue weighted by atomic mass is 79.9. The van der Waals surface area contributed by atoms with E-state index in [2.05, 4.69) is 32.0 Å². The van der Waals surface area contributed by atoms with Crippen molar-refractivity contribution in [2.75, 3.05) is 0 Å². The zero-order valence-electron chi connectivity index (χ0n) is 7.14. The van der Waals surface area contributed by atoms with Crippen molar-refractivity contribution in [3.05, 3.63) is 44.1 Å². The van der Waals surface area contributed by atoms with Crippen LogP contribution in [0.15, 0.2) is 33.2 Å². The third-order valence-corrected chi connectivity index (χ3v) is 3.91. The van der Waals surface area contributed by atoms with Crippen molar-refractivity contribution in [1.82, 2.24) is 0 Å². The highest BCUT2D eigenvalue weighted by Gasteiger charge is 2.07. The Kier molecular flexibility index (Phi) is 2.72. The first-order chi connectivity index (χ1) is 6.83. The van der Waals surface area contributed by atoms with Gasteiger partial charge in [0, 0.05) is 9.61 Å². The molecular formula is C9H6BrN3S. The minimum atomic E-state index is 0.404. The van der Waals surface area contributed by atoms with Crippen molar-refractivity contribution < 1.29 is 0 Å². The number of fused-ring (bicyclic) bond motifs is 1. The van der Waals surface area contributed by atoms with Crippen LogP contribution >= 0.6 is 27.3 Å². The van der Waals surface area contributed by atoms with Crippen LogP contribution in [0.5, 0.6) is 0 Å². The second-order valence-corrected chi connectivity index (χ2v) is 5.11. The highest BCUT2D eigenvalue weighted by Crippen LogP contribution is 2.35. The summed E-state index contributed by atoms with van der Waals surface area (Å²) in [5, 5.41) is 4.75. The van der Waals surface area contributed by atoms with E-state index >= 15 is 0 Å². The van der Waals surface area contributed by atoms with E-state index in [1.807, 2.05) is 18.2 Å². The van der Waals surface area contributed by atoms with Crippen LogP contribution in [-0.4, -0.2) is 0 Å². The van der Waals surface area contributed by atoms with Crippen LogP contribution in [0.25, 0.3) is 20.5 Å². The molecule has 0 saturated carbocycles. The molecule has 70 valence electrons. The first kappa shape index (κ1) is 9.52. The minimum absolute atomic E-state index is 0.404. The Morgan fingerprint density at radius 2 is 2.21 bits per heavy atom. The summed E-state index contributed by atoms with van der Waals surface area (Å²) in [6.45, 7) is 0.404. The predicted octanol–water partition coefficient (Wildman–Crippen LogP) is 4.47. The molecule has 0 spiro atoms. The van der Waals surface area contributed by atoms with E-state index in [9.17, 15) is 0 Å². The Morgan fingerprint density at radius 1 is 1.43 bits per heavy atom. The molecule has 0 unspecified atom stereocenters. The average Bonchev–Trinajstić information content (AvgIpc) is 2.51. The molecule has 0 aliphatic carbocycles. The van der Waals surface area contributed by atoms with Gasteiger partial charge < -0.3 is 0 Å². The van der Waals surface area contributed by atoms with Crippen molar-refractivity contribution in [3.8, 4) is 0 Å². The number of thiophene rings is 1. The molecule has 0 bridgehead atoms. The van der Waals surface area contributed by atoms with Gasteiger partial charge in [0.25, 0.3) is 0 Å². The Morgan fingerprint density at radius 3 is 3.00 bits per heavy atom. The van der Waals surface area contributed by atoms with Crippen LogP contribution in [0.2, 0.25) is 0 Å². The highest BCUT2D eigenvalue weighted by molar-refractivity contribution is 9.11. The summed E-state index contributed by atoms with van der Waals surface area (Å²) in [4.78, 5) is 2.77. The number of halogens is 1.